The molecule has 28 heavy (non-hydrogen) atoms. The highest BCUT2D eigenvalue weighted by Crippen LogP contribution is 2.34. The smallest absolute Gasteiger partial charge is 0.295 e. The van der Waals surface area contributed by atoms with Gasteiger partial charge in [0.15, 0.2) is 16.7 Å². The number of amides is 1. The van der Waals surface area contributed by atoms with Gasteiger partial charge < -0.3 is 21.5 Å². The highest BCUT2D eigenvalue weighted by Gasteiger charge is 2.14. The minimum atomic E-state index is -0.823. The molecule has 8 heteroatoms. The average Bonchev–Trinajstić information content (AvgIpc) is 3.07. The van der Waals surface area contributed by atoms with E-state index in [9.17, 15) is 14.3 Å². The number of halogens is 1. The number of rotatable bonds is 4. The van der Waals surface area contributed by atoms with Crippen molar-refractivity contribution in [2.75, 3.05) is 17.6 Å². The number of nitrogen functional groups attached to an aromatic ring is 1. The first-order valence-corrected chi connectivity index (χ1v) is 8.93. The zero-order valence-electron chi connectivity index (χ0n) is 14.5. The second kappa shape index (κ2) is 8.30. The fourth-order valence-electron chi connectivity index (χ4n) is 2.44. The Hall–Kier alpha value is -3.75. The number of nitrogens with zero attached hydrogens (tertiary/aromatic N) is 1. The molecule has 0 saturated heterocycles. The first kappa shape index (κ1) is 19.0. The lowest BCUT2D eigenvalue weighted by Crippen LogP contribution is -2.20. The van der Waals surface area contributed by atoms with Crippen molar-refractivity contribution in [3.05, 3.63) is 47.3 Å². The van der Waals surface area contributed by atoms with Gasteiger partial charge in [-0.25, -0.2) is 9.37 Å². The molecule has 140 valence electrons. The van der Waals surface area contributed by atoms with Crippen LogP contribution in [0.3, 0.4) is 0 Å². The van der Waals surface area contributed by atoms with Crippen molar-refractivity contribution < 1.29 is 14.3 Å². The van der Waals surface area contributed by atoms with Gasteiger partial charge in [-0.15, -0.1) is 6.42 Å². The van der Waals surface area contributed by atoms with Gasteiger partial charge in [0, 0.05) is 12.2 Å². The summed E-state index contributed by atoms with van der Waals surface area (Å²) in [6.45, 7) is 0.565. The van der Waals surface area contributed by atoms with E-state index in [1.165, 1.54) is 6.07 Å². The molecule has 2 aromatic carbocycles. The van der Waals surface area contributed by atoms with Gasteiger partial charge in [-0.05, 0) is 29.7 Å². The predicted octanol–water partition coefficient (Wildman–Crippen LogP) is 2.44. The van der Waals surface area contributed by atoms with Crippen LogP contribution in [0, 0.1) is 30.0 Å². The zero-order valence-corrected chi connectivity index (χ0v) is 15.4. The number of thiazole rings is 1. The Kier molecular flexibility index (Phi) is 5.64. The first-order chi connectivity index (χ1) is 13.5. The quantitative estimate of drug-likeness (QED) is 0.510. The van der Waals surface area contributed by atoms with Crippen LogP contribution in [-0.4, -0.2) is 22.5 Å². The van der Waals surface area contributed by atoms with E-state index in [1.54, 1.807) is 0 Å². The molecule has 5 N–H and O–H groups in total. The maximum Gasteiger partial charge on any atom is 0.295 e. The Labute approximate surface area is 164 Å². The summed E-state index contributed by atoms with van der Waals surface area (Å²) in [5, 5.41) is 15.8. The Balaban J connectivity index is 1.67. The molecule has 0 aliphatic heterocycles. The van der Waals surface area contributed by atoms with Gasteiger partial charge in [-0.3, -0.25) is 4.79 Å². The summed E-state index contributed by atoms with van der Waals surface area (Å²) in [5.74, 6) is 5.65. The maximum atomic E-state index is 14.2. The third-order valence-corrected chi connectivity index (χ3v) is 4.56. The Bertz CT molecular complexity index is 1150. The molecule has 0 spiro atoms. The molecule has 0 aliphatic rings. The van der Waals surface area contributed by atoms with E-state index in [4.69, 9.17) is 12.2 Å². The van der Waals surface area contributed by atoms with Crippen LogP contribution in [0.15, 0.2) is 30.3 Å². The molecule has 3 aromatic rings. The minimum absolute atomic E-state index is 0.0706. The number of nitrogens with two attached hydrogens (primary N) is 1. The van der Waals surface area contributed by atoms with Crippen molar-refractivity contribution in [3.63, 3.8) is 0 Å². The summed E-state index contributed by atoms with van der Waals surface area (Å²) < 4.78 is 14.8. The van der Waals surface area contributed by atoms with Crippen molar-refractivity contribution in [1.82, 2.24) is 10.3 Å². The third kappa shape index (κ3) is 4.32. The average molecular weight is 394 g/mol. The van der Waals surface area contributed by atoms with Gasteiger partial charge in [0.05, 0.1) is 16.8 Å². The largest absolute Gasteiger partial charge is 0.503 e. The highest BCUT2D eigenvalue weighted by molar-refractivity contribution is 7.22. The Morgan fingerprint density at radius 2 is 2.21 bits per heavy atom. The van der Waals surface area contributed by atoms with Crippen molar-refractivity contribution in [2.24, 2.45) is 0 Å². The van der Waals surface area contributed by atoms with Crippen molar-refractivity contribution in [3.8, 4) is 29.9 Å². The monoisotopic (exact) mass is 394 g/mol. The lowest BCUT2D eigenvalue weighted by Gasteiger charge is -2.06. The number of aromatic nitrogens is 1. The number of hydrogen-bond donors (Lipinski definition) is 4. The normalized spacial score (nSPS) is 10.0. The van der Waals surface area contributed by atoms with E-state index in [-0.39, 0.29) is 22.8 Å². The SMILES string of the molecule is C#CC(=O)NCc1cccc(NCC#Cc2cc3sc(N)nc3c(O)c2F)c1. The fraction of sp³-hybridized carbons (Fsp3) is 0.100. The molecular weight excluding hydrogens is 379 g/mol. The summed E-state index contributed by atoms with van der Waals surface area (Å²) >= 11 is 1.15. The zero-order chi connectivity index (χ0) is 20.1. The van der Waals surface area contributed by atoms with Gasteiger partial charge in [-0.2, -0.15) is 0 Å². The molecule has 0 saturated carbocycles. The molecule has 0 bridgehead atoms. The van der Waals surface area contributed by atoms with Crippen molar-refractivity contribution in [1.29, 1.82) is 0 Å². The van der Waals surface area contributed by atoms with Gasteiger partial charge in [-0.1, -0.05) is 35.3 Å². The topological polar surface area (TPSA) is 100 Å². The number of anilines is 2. The highest BCUT2D eigenvalue weighted by atomic mass is 32.1. The summed E-state index contributed by atoms with van der Waals surface area (Å²) in [4.78, 5) is 15.0. The van der Waals surface area contributed by atoms with Crippen LogP contribution in [0.5, 0.6) is 5.75 Å². The van der Waals surface area contributed by atoms with Crippen LogP contribution in [0.25, 0.3) is 10.2 Å². The molecule has 0 fully saturated rings. The van der Waals surface area contributed by atoms with Crippen LogP contribution in [0.2, 0.25) is 0 Å². The molecule has 1 amide bonds. The van der Waals surface area contributed by atoms with Gasteiger partial charge >= 0.3 is 0 Å². The number of phenols is 1. The summed E-state index contributed by atoms with van der Waals surface area (Å²) in [6, 6.07) is 8.87. The van der Waals surface area contributed by atoms with Crippen LogP contribution in [-0.2, 0) is 11.3 Å². The lowest BCUT2D eigenvalue weighted by molar-refractivity contribution is -0.115. The molecule has 0 aliphatic carbocycles. The van der Waals surface area contributed by atoms with Gasteiger partial charge in [0.1, 0.15) is 5.52 Å². The third-order valence-electron chi connectivity index (χ3n) is 3.73. The Morgan fingerprint density at radius 3 is 3.00 bits per heavy atom. The van der Waals surface area contributed by atoms with Gasteiger partial charge in [0.25, 0.3) is 5.91 Å². The van der Waals surface area contributed by atoms with Crippen molar-refractivity contribution >= 4 is 38.3 Å². The van der Waals surface area contributed by atoms with Crippen LogP contribution < -0.4 is 16.4 Å². The minimum Gasteiger partial charge on any atom is -0.503 e. The van der Waals surface area contributed by atoms with E-state index >= 15 is 0 Å². The molecule has 0 atom stereocenters. The second-order valence-corrected chi connectivity index (χ2v) is 6.73. The van der Waals surface area contributed by atoms with Gasteiger partial charge in [0.2, 0.25) is 0 Å². The van der Waals surface area contributed by atoms with Crippen LogP contribution in [0.1, 0.15) is 11.1 Å². The molecule has 1 aromatic heterocycles. The molecule has 3 rings (SSSR count). The second-order valence-electron chi connectivity index (χ2n) is 5.67. The fourth-order valence-corrected chi connectivity index (χ4v) is 3.22. The number of carbonyl (C=O) groups excluding carboxylic acids is 1. The standard InChI is InChI=1S/C20H15FN4O2S/c1-2-16(26)24-11-12-5-3-7-14(9-12)23-8-4-6-13-10-15-18(19(27)17(13)21)25-20(22)28-15/h1,3,5,7,9-10,23,27H,8,11H2,(H2,22,25)(H,24,26). The summed E-state index contributed by atoms with van der Waals surface area (Å²) in [5.41, 5.74) is 7.46. The predicted molar refractivity (Wildman–Crippen MR) is 108 cm³/mol. The Morgan fingerprint density at radius 1 is 1.39 bits per heavy atom. The van der Waals surface area contributed by atoms with E-state index in [2.05, 4.69) is 27.5 Å². The number of fused-ring (bicyclic) bond motifs is 1. The number of hydrogen-bond acceptors (Lipinski definition) is 6. The lowest BCUT2D eigenvalue weighted by atomic mass is 10.2. The number of aromatic hydroxyl groups is 1. The number of nitrogens with one attached hydrogen (secondary N) is 2. The molecular formula is C20H15FN4O2S. The maximum absolute atomic E-state index is 14.2. The van der Waals surface area contributed by atoms with E-state index < -0.39 is 17.5 Å². The summed E-state index contributed by atoms with van der Waals surface area (Å²) in [6.07, 6.45) is 5.01. The number of benzene rings is 2. The van der Waals surface area contributed by atoms with Crippen LogP contribution >= 0.6 is 11.3 Å². The van der Waals surface area contributed by atoms with E-state index in [0.717, 1.165) is 22.6 Å². The molecule has 6 nitrogen and oxygen atoms in total. The summed E-state index contributed by atoms with van der Waals surface area (Å²) in [7, 11) is 0. The van der Waals surface area contributed by atoms with Crippen LogP contribution in [0.4, 0.5) is 15.2 Å². The van der Waals surface area contributed by atoms with E-state index in [1.807, 2.05) is 30.2 Å². The molecule has 1 heterocycles. The number of terminal acetylenes is 1. The van der Waals surface area contributed by atoms with E-state index in [0.29, 0.717) is 11.2 Å². The number of phenolic OH excluding ortho intramolecular Hbond substituents is 1. The molecule has 0 radical (unpaired) electrons. The number of carbonyl (C=O) groups is 1. The van der Waals surface area contributed by atoms with Crippen molar-refractivity contribution in [2.45, 2.75) is 6.54 Å². The molecule has 0 unspecified atom stereocenters. The first-order valence-electron chi connectivity index (χ1n) is 8.11.